The summed E-state index contributed by atoms with van der Waals surface area (Å²) in [7, 11) is 0. The number of benzene rings is 3. The highest BCUT2D eigenvalue weighted by Gasteiger charge is 2.25. The van der Waals surface area contributed by atoms with Gasteiger partial charge in [0.25, 0.3) is 0 Å². The molecule has 0 saturated carbocycles. The van der Waals surface area contributed by atoms with Gasteiger partial charge < -0.3 is 16.4 Å². The van der Waals surface area contributed by atoms with E-state index in [1.54, 1.807) is 0 Å². The highest BCUT2D eigenvalue weighted by Crippen LogP contribution is 2.31. The van der Waals surface area contributed by atoms with Crippen molar-refractivity contribution in [3.05, 3.63) is 99.6 Å². The van der Waals surface area contributed by atoms with Crippen LogP contribution in [0.4, 0.5) is 5.69 Å². The van der Waals surface area contributed by atoms with Crippen molar-refractivity contribution in [3.8, 4) is 0 Å². The zero-order chi connectivity index (χ0) is 22.7. The predicted molar refractivity (Wildman–Crippen MR) is 132 cm³/mol. The van der Waals surface area contributed by atoms with Gasteiger partial charge in [0, 0.05) is 12.2 Å². The van der Waals surface area contributed by atoms with Gasteiger partial charge in [-0.15, -0.1) is 0 Å². The van der Waals surface area contributed by atoms with Crippen molar-refractivity contribution in [1.29, 1.82) is 0 Å². The fraction of sp³-hybridized carbons (Fsp3) is 0.321. The van der Waals surface area contributed by atoms with Crippen molar-refractivity contribution in [2.24, 2.45) is 5.73 Å². The van der Waals surface area contributed by atoms with E-state index in [-0.39, 0.29) is 11.9 Å². The number of aryl methyl sites for hydroxylation is 3. The number of nitrogens with two attached hydrogens (primary N) is 1. The summed E-state index contributed by atoms with van der Waals surface area (Å²) >= 11 is 0. The monoisotopic (exact) mass is 427 g/mol. The molecule has 0 aromatic heterocycles. The molecular formula is C28H33N3O. The molecule has 0 aliphatic carbocycles. The second kappa shape index (κ2) is 9.58. The van der Waals surface area contributed by atoms with Crippen LogP contribution >= 0.6 is 0 Å². The Kier molecular flexibility index (Phi) is 6.61. The molecule has 2 atom stereocenters. The van der Waals surface area contributed by atoms with E-state index >= 15 is 0 Å². The van der Waals surface area contributed by atoms with Crippen LogP contribution in [0.25, 0.3) is 0 Å². The molecule has 4 nitrogen and oxygen atoms in total. The highest BCUT2D eigenvalue weighted by atomic mass is 16.2. The summed E-state index contributed by atoms with van der Waals surface area (Å²) in [6.07, 6.45) is 2.28. The molecule has 3 aromatic rings. The van der Waals surface area contributed by atoms with Gasteiger partial charge in [0.1, 0.15) is 0 Å². The average molecular weight is 428 g/mol. The number of anilines is 1. The average Bonchev–Trinajstić information content (AvgIpc) is 2.77. The number of carbonyl (C=O) groups excluding carboxylic acids is 1. The Balaban J connectivity index is 1.48. The molecule has 0 bridgehead atoms. The molecule has 1 amide bonds. The molecular weight excluding hydrogens is 394 g/mol. The molecule has 4 N–H and O–H groups in total. The van der Waals surface area contributed by atoms with Crippen molar-refractivity contribution in [3.63, 3.8) is 0 Å². The van der Waals surface area contributed by atoms with Crippen LogP contribution in [0.2, 0.25) is 0 Å². The van der Waals surface area contributed by atoms with E-state index in [1.165, 1.54) is 33.4 Å². The minimum atomic E-state index is -0.569. The summed E-state index contributed by atoms with van der Waals surface area (Å²) in [5.41, 5.74) is 15.9. The number of hydrogen-bond acceptors (Lipinski definition) is 3. The van der Waals surface area contributed by atoms with Gasteiger partial charge in [0.05, 0.1) is 12.1 Å². The maximum absolute atomic E-state index is 13.0. The largest absolute Gasteiger partial charge is 0.385 e. The van der Waals surface area contributed by atoms with Crippen molar-refractivity contribution < 1.29 is 4.79 Å². The number of rotatable bonds is 6. The summed E-state index contributed by atoms with van der Waals surface area (Å²) < 4.78 is 0. The van der Waals surface area contributed by atoms with Gasteiger partial charge in [-0.3, -0.25) is 4.79 Å². The molecule has 4 rings (SSSR count). The van der Waals surface area contributed by atoms with Gasteiger partial charge in [-0.25, -0.2) is 0 Å². The normalized spacial score (nSPS) is 16.1. The van der Waals surface area contributed by atoms with Crippen LogP contribution in [0, 0.1) is 20.8 Å². The smallest absolute Gasteiger partial charge is 0.237 e. The molecule has 1 aliphatic rings. The van der Waals surface area contributed by atoms with E-state index in [2.05, 4.69) is 86.0 Å². The summed E-state index contributed by atoms with van der Waals surface area (Å²) in [4.78, 5) is 13.0. The summed E-state index contributed by atoms with van der Waals surface area (Å²) in [5, 5.41) is 6.70. The molecule has 0 saturated heterocycles. The SMILES string of the molecule is Cc1cc(C)c(CC(N)C(=O)NC2CCNc3ccc(Cc4ccccc4)cc32)c(C)c1. The van der Waals surface area contributed by atoms with E-state index in [0.717, 1.165) is 30.6 Å². The number of carbonyl (C=O) groups is 1. The van der Waals surface area contributed by atoms with E-state index < -0.39 is 6.04 Å². The Morgan fingerprint density at radius 3 is 2.47 bits per heavy atom. The Morgan fingerprint density at radius 1 is 1.03 bits per heavy atom. The molecule has 2 unspecified atom stereocenters. The van der Waals surface area contributed by atoms with Crippen molar-refractivity contribution in [2.75, 3.05) is 11.9 Å². The third-order valence-electron chi connectivity index (χ3n) is 6.41. The quantitative estimate of drug-likeness (QED) is 0.532. The van der Waals surface area contributed by atoms with Gasteiger partial charge in [-0.1, -0.05) is 60.2 Å². The van der Waals surface area contributed by atoms with Crippen LogP contribution in [-0.4, -0.2) is 18.5 Å². The van der Waals surface area contributed by atoms with Gasteiger partial charge >= 0.3 is 0 Å². The van der Waals surface area contributed by atoms with E-state index in [0.29, 0.717) is 6.42 Å². The summed E-state index contributed by atoms with van der Waals surface area (Å²) in [5.74, 6) is -0.0873. The van der Waals surface area contributed by atoms with E-state index in [1.807, 2.05) is 6.07 Å². The lowest BCUT2D eigenvalue weighted by Crippen LogP contribution is -2.44. The van der Waals surface area contributed by atoms with E-state index in [9.17, 15) is 4.79 Å². The van der Waals surface area contributed by atoms with Crippen molar-refractivity contribution in [1.82, 2.24) is 5.32 Å². The molecule has 4 heteroatoms. The Morgan fingerprint density at radius 2 is 1.75 bits per heavy atom. The summed E-state index contributed by atoms with van der Waals surface area (Å²) in [6.45, 7) is 7.12. The molecule has 0 fully saturated rings. The maximum atomic E-state index is 13.0. The first-order valence-corrected chi connectivity index (χ1v) is 11.4. The Labute approximate surface area is 191 Å². The second-order valence-corrected chi connectivity index (χ2v) is 9.05. The maximum Gasteiger partial charge on any atom is 0.237 e. The van der Waals surface area contributed by atoms with Crippen molar-refractivity contribution >= 4 is 11.6 Å². The highest BCUT2D eigenvalue weighted by molar-refractivity contribution is 5.82. The third-order valence-corrected chi connectivity index (χ3v) is 6.41. The number of fused-ring (bicyclic) bond motifs is 1. The van der Waals surface area contributed by atoms with Crippen LogP contribution < -0.4 is 16.4 Å². The topological polar surface area (TPSA) is 67.2 Å². The fourth-order valence-electron chi connectivity index (χ4n) is 4.78. The predicted octanol–water partition coefficient (Wildman–Crippen LogP) is 4.75. The Bertz CT molecular complexity index is 1080. The fourth-order valence-corrected chi connectivity index (χ4v) is 4.78. The first-order chi connectivity index (χ1) is 15.4. The molecule has 1 aliphatic heterocycles. The van der Waals surface area contributed by atoms with Crippen LogP contribution in [0.1, 0.15) is 51.4 Å². The standard InChI is InChI=1S/C28H33N3O/c1-18-13-19(2)23(20(3)14-18)17-25(29)28(32)31-27-11-12-30-26-10-9-22(16-24(26)27)15-21-7-5-4-6-8-21/h4-10,13-14,16,25,27,30H,11-12,15,17,29H2,1-3H3,(H,31,32). The van der Waals surface area contributed by atoms with Crippen molar-refractivity contribution in [2.45, 2.75) is 52.1 Å². The lowest BCUT2D eigenvalue weighted by molar-refractivity contribution is -0.123. The van der Waals surface area contributed by atoms with Crippen LogP contribution in [0.3, 0.4) is 0 Å². The molecule has 32 heavy (non-hydrogen) atoms. The van der Waals surface area contributed by atoms with Gasteiger partial charge in [0.2, 0.25) is 5.91 Å². The molecule has 0 spiro atoms. The number of amides is 1. The molecule has 3 aromatic carbocycles. The number of hydrogen-bond donors (Lipinski definition) is 3. The first kappa shape index (κ1) is 22.1. The van der Waals surface area contributed by atoms with Gasteiger partial charge in [0.15, 0.2) is 0 Å². The van der Waals surface area contributed by atoms with Crippen LogP contribution in [0.5, 0.6) is 0 Å². The minimum absolute atomic E-state index is 0.0271. The molecule has 1 heterocycles. The lowest BCUT2D eigenvalue weighted by atomic mass is 9.92. The van der Waals surface area contributed by atoms with Gasteiger partial charge in [-0.2, -0.15) is 0 Å². The van der Waals surface area contributed by atoms with Crippen LogP contribution in [-0.2, 0) is 17.6 Å². The Hall–Kier alpha value is -3.11. The minimum Gasteiger partial charge on any atom is -0.385 e. The number of nitrogens with one attached hydrogen (secondary N) is 2. The van der Waals surface area contributed by atoms with Crippen LogP contribution in [0.15, 0.2) is 60.7 Å². The zero-order valence-electron chi connectivity index (χ0n) is 19.2. The van der Waals surface area contributed by atoms with E-state index in [4.69, 9.17) is 5.73 Å². The third kappa shape index (κ3) is 5.03. The lowest BCUT2D eigenvalue weighted by Gasteiger charge is -2.29. The first-order valence-electron chi connectivity index (χ1n) is 11.4. The second-order valence-electron chi connectivity index (χ2n) is 9.05. The summed E-state index contributed by atoms with van der Waals surface area (Å²) in [6, 6.07) is 20.7. The molecule has 166 valence electrons. The molecule has 0 radical (unpaired) electrons. The van der Waals surface area contributed by atoms with Gasteiger partial charge in [-0.05, 0) is 79.5 Å². The zero-order valence-corrected chi connectivity index (χ0v) is 19.2.